The Hall–Kier alpha value is -1.06. The second-order valence-corrected chi connectivity index (χ2v) is 9.82. The van der Waals surface area contributed by atoms with E-state index in [1.165, 1.54) is 13.8 Å². The third-order valence-electron chi connectivity index (χ3n) is 7.84. The van der Waals surface area contributed by atoms with Gasteiger partial charge in [-0.2, -0.15) is 0 Å². The second-order valence-electron chi connectivity index (χ2n) is 9.82. The number of fused-ring (bicyclic) bond motifs is 2. The maximum Gasteiger partial charge on any atom is 0.314 e. The lowest BCUT2D eigenvalue weighted by molar-refractivity contribution is -0.163. The van der Waals surface area contributed by atoms with Crippen molar-refractivity contribution in [1.82, 2.24) is 0 Å². The van der Waals surface area contributed by atoms with Gasteiger partial charge in [0.2, 0.25) is 0 Å². The summed E-state index contributed by atoms with van der Waals surface area (Å²) < 4.78 is 5.50. The molecule has 8 nitrogen and oxygen atoms in total. The van der Waals surface area contributed by atoms with Gasteiger partial charge in [-0.25, -0.2) is 0 Å². The number of aliphatic hydroxyl groups is 5. The molecule has 28 heavy (non-hydrogen) atoms. The summed E-state index contributed by atoms with van der Waals surface area (Å²) in [7, 11) is 0. The molecule has 1 heterocycles. The summed E-state index contributed by atoms with van der Waals surface area (Å²) in [6.45, 7) is 5.62. The van der Waals surface area contributed by atoms with Crippen LogP contribution in [0.5, 0.6) is 0 Å². The largest absolute Gasteiger partial charge is 0.459 e. The smallest absolute Gasteiger partial charge is 0.314 e. The molecule has 3 aliphatic rings. The van der Waals surface area contributed by atoms with Crippen molar-refractivity contribution >= 4 is 11.8 Å². The first kappa shape index (κ1) is 21.6. The van der Waals surface area contributed by atoms with Crippen LogP contribution in [0.2, 0.25) is 0 Å². The van der Waals surface area contributed by atoms with Gasteiger partial charge in [0.25, 0.3) is 0 Å². The molecule has 1 aliphatic heterocycles. The summed E-state index contributed by atoms with van der Waals surface area (Å²) in [4.78, 5) is 24.9. The molecule has 3 fully saturated rings. The van der Waals surface area contributed by atoms with Crippen LogP contribution in [0.15, 0.2) is 0 Å². The molecule has 2 saturated carbocycles. The molecule has 1 saturated heterocycles. The Morgan fingerprint density at radius 2 is 1.82 bits per heavy atom. The van der Waals surface area contributed by atoms with Crippen LogP contribution in [0.25, 0.3) is 0 Å². The first-order valence-corrected chi connectivity index (χ1v) is 9.88. The Morgan fingerprint density at radius 1 is 1.21 bits per heavy atom. The summed E-state index contributed by atoms with van der Waals surface area (Å²) in [6, 6.07) is 0. The highest BCUT2D eigenvalue weighted by molar-refractivity contribution is 5.81. The van der Waals surface area contributed by atoms with E-state index < -0.39 is 58.1 Å². The number of aliphatic hydroxyl groups excluding tert-OH is 3. The highest BCUT2D eigenvalue weighted by Gasteiger charge is 2.71. The Bertz CT molecular complexity index is 673. The molecule has 0 spiro atoms. The zero-order valence-corrected chi connectivity index (χ0v) is 16.9. The summed E-state index contributed by atoms with van der Waals surface area (Å²) in [5.74, 6) is -2.43. The van der Waals surface area contributed by atoms with Crippen molar-refractivity contribution in [3.63, 3.8) is 0 Å². The monoisotopic (exact) mass is 400 g/mol. The molecular formula is C20H32O8. The van der Waals surface area contributed by atoms with E-state index >= 15 is 0 Å². The number of hydrogen-bond acceptors (Lipinski definition) is 8. The lowest BCUT2D eigenvalue weighted by Crippen LogP contribution is -2.57. The average Bonchev–Trinajstić information content (AvgIpc) is 2.80. The van der Waals surface area contributed by atoms with E-state index in [2.05, 4.69) is 0 Å². The minimum atomic E-state index is -1.69. The van der Waals surface area contributed by atoms with Gasteiger partial charge in [0, 0.05) is 30.3 Å². The van der Waals surface area contributed by atoms with Crippen molar-refractivity contribution in [3.05, 3.63) is 0 Å². The molecule has 8 atom stereocenters. The predicted molar refractivity (Wildman–Crippen MR) is 96.9 cm³/mol. The van der Waals surface area contributed by atoms with Crippen molar-refractivity contribution < 1.29 is 39.9 Å². The number of carbonyl (C=O) groups is 2. The van der Waals surface area contributed by atoms with Gasteiger partial charge in [0.15, 0.2) is 0 Å². The highest BCUT2D eigenvalue weighted by atomic mass is 16.6. The standard InChI is InChI=1S/C20H32O8/c1-10(22)11-7-12(23)14-15(24)19(11,9-18(14,4)26)8-13-20(27,5-6-21)17(2,3)16(25)28-13/h11-15,21,23-24,26-27H,5-9H2,1-4H3/t11?,12-,13+,14?,15+,18+,19+,20-/m0/s1. The molecule has 0 aromatic carbocycles. The minimum Gasteiger partial charge on any atom is -0.459 e. The normalized spacial score (nSPS) is 49.9. The second kappa shape index (κ2) is 6.47. The number of esters is 1. The van der Waals surface area contributed by atoms with Crippen molar-refractivity contribution in [3.8, 4) is 0 Å². The molecule has 2 bridgehead atoms. The van der Waals surface area contributed by atoms with Crippen LogP contribution in [0.3, 0.4) is 0 Å². The number of ketones is 1. The fraction of sp³-hybridized carbons (Fsp3) is 0.900. The fourth-order valence-corrected chi connectivity index (χ4v) is 6.22. The van der Waals surface area contributed by atoms with E-state index in [1.54, 1.807) is 13.8 Å². The van der Waals surface area contributed by atoms with Crippen LogP contribution in [-0.2, 0) is 14.3 Å². The van der Waals surface area contributed by atoms with Crippen LogP contribution in [-0.4, -0.2) is 73.4 Å². The molecule has 2 unspecified atom stereocenters. The first-order chi connectivity index (χ1) is 12.7. The number of hydrogen-bond donors (Lipinski definition) is 5. The number of ether oxygens (including phenoxy) is 1. The van der Waals surface area contributed by atoms with Crippen LogP contribution >= 0.6 is 0 Å². The van der Waals surface area contributed by atoms with Crippen LogP contribution in [0.4, 0.5) is 0 Å². The van der Waals surface area contributed by atoms with Crippen LogP contribution < -0.4 is 0 Å². The van der Waals surface area contributed by atoms with E-state index in [0.717, 1.165) is 0 Å². The maximum atomic E-state index is 12.4. The Labute approximate surface area is 164 Å². The van der Waals surface area contributed by atoms with Crippen molar-refractivity contribution in [1.29, 1.82) is 0 Å². The lowest BCUT2D eigenvalue weighted by atomic mass is 9.59. The Morgan fingerprint density at radius 3 is 2.36 bits per heavy atom. The molecule has 0 radical (unpaired) electrons. The van der Waals surface area contributed by atoms with Gasteiger partial charge in [-0.3, -0.25) is 9.59 Å². The van der Waals surface area contributed by atoms with E-state index in [4.69, 9.17) is 4.74 Å². The Balaban J connectivity index is 2.05. The Kier molecular flexibility index (Phi) is 5.00. The maximum absolute atomic E-state index is 12.4. The third kappa shape index (κ3) is 2.69. The van der Waals surface area contributed by atoms with Gasteiger partial charge in [-0.1, -0.05) is 0 Å². The zero-order chi connectivity index (χ0) is 21.3. The minimum absolute atomic E-state index is 0.0382. The van der Waals surface area contributed by atoms with Gasteiger partial charge in [0.1, 0.15) is 17.5 Å². The van der Waals surface area contributed by atoms with Gasteiger partial charge in [0.05, 0.1) is 23.2 Å². The summed E-state index contributed by atoms with van der Waals surface area (Å²) in [5, 5.41) is 53.2. The molecule has 0 aromatic rings. The third-order valence-corrected chi connectivity index (χ3v) is 7.84. The molecule has 3 rings (SSSR count). The molecule has 160 valence electrons. The molecular weight excluding hydrogens is 368 g/mol. The zero-order valence-electron chi connectivity index (χ0n) is 16.9. The molecule has 2 aliphatic carbocycles. The van der Waals surface area contributed by atoms with Gasteiger partial charge >= 0.3 is 5.97 Å². The fourth-order valence-electron chi connectivity index (χ4n) is 6.22. The number of carbonyl (C=O) groups excluding carboxylic acids is 2. The van der Waals surface area contributed by atoms with Crippen LogP contribution in [0, 0.1) is 22.7 Å². The van der Waals surface area contributed by atoms with E-state index in [0.29, 0.717) is 0 Å². The predicted octanol–water partition coefficient (Wildman–Crippen LogP) is -0.470. The highest BCUT2D eigenvalue weighted by Crippen LogP contribution is 2.63. The van der Waals surface area contributed by atoms with E-state index in [-0.39, 0.29) is 38.1 Å². The van der Waals surface area contributed by atoms with Gasteiger partial charge in [-0.05, 0) is 47.0 Å². The molecule has 0 amide bonds. The number of Topliss-reactive ketones (excluding diaryl/α,β-unsaturated/α-hetero) is 1. The number of rotatable bonds is 5. The summed E-state index contributed by atoms with van der Waals surface area (Å²) in [6.07, 6.45) is -3.29. The quantitative estimate of drug-likeness (QED) is 0.390. The van der Waals surface area contributed by atoms with E-state index in [1.807, 2.05) is 0 Å². The van der Waals surface area contributed by atoms with Gasteiger partial charge in [-0.15, -0.1) is 0 Å². The topological polar surface area (TPSA) is 145 Å². The molecule has 5 N–H and O–H groups in total. The molecule has 8 heteroatoms. The summed E-state index contributed by atoms with van der Waals surface area (Å²) in [5.41, 5.74) is -5.51. The van der Waals surface area contributed by atoms with Crippen molar-refractivity contribution in [2.24, 2.45) is 22.7 Å². The number of cyclic esters (lactones) is 1. The average molecular weight is 400 g/mol. The van der Waals surface area contributed by atoms with Gasteiger partial charge < -0.3 is 30.3 Å². The van der Waals surface area contributed by atoms with Crippen molar-refractivity contribution in [2.45, 2.75) is 82.9 Å². The summed E-state index contributed by atoms with van der Waals surface area (Å²) >= 11 is 0. The van der Waals surface area contributed by atoms with Crippen LogP contribution in [0.1, 0.15) is 53.4 Å². The lowest BCUT2D eigenvalue weighted by Gasteiger charge is -2.48. The first-order valence-electron chi connectivity index (χ1n) is 9.88. The van der Waals surface area contributed by atoms with Crippen molar-refractivity contribution in [2.75, 3.05) is 6.61 Å². The van der Waals surface area contributed by atoms with E-state index in [9.17, 15) is 35.1 Å². The molecule has 0 aromatic heterocycles. The SMILES string of the molecule is CC(=O)C1C[C@H](O)C2[C@@H](O)[C@]1(C[C@H]1OC(=O)C(C)(C)[C@]1(O)CCO)C[C@@]2(C)O.